The van der Waals surface area contributed by atoms with E-state index in [1.54, 1.807) is 0 Å². The van der Waals surface area contributed by atoms with Gasteiger partial charge in [0.25, 0.3) is 0 Å². The van der Waals surface area contributed by atoms with Crippen LogP contribution in [0.3, 0.4) is 0 Å². The minimum absolute atomic E-state index is 0.916. The minimum atomic E-state index is 0.916. The predicted molar refractivity (Wildman–Crippen MR) is 589 cm³/mol. The van der Waals surface area contributed by atoms with Crippen LogP contribution in [-0.2, 0) is 0 Å². The molecule has 0 N–H and O–H groups in total. The predicted octanol–water partition coefficient (Wildman–Crippen LogP) is 31.5. The molecular formula is C129H83N15. The molecular weight excluding hydrogens is 1760 g/mol. The second-order valence-corrected chi connectivity index (χ2v) is 36.2. The molecule has 0 aliphatic carbocycles. The van der Waals surface area contributed by atoms with Crippen molar-refractivity contribution < 1.29 is 0 Å². The van der Waals surface area contributed by atoms with E-state index in [2.05, 4.69) is 488 Å². The fourth-order valence-electron chi connectivity index (χ4n) is 21.3. The van der Waals surface area contributed by atoms with Crippen molar-refractivity contribution in [3.05, 3.63) is 505 Å². The first kappa shape index (κ1) is 83.6. The lowest BCUT2D eigenvalue weighted by Crippen LogP contribution is -1.97. The summed E-state index contributed by atoms with van der Waals surface area (Å²) in [6, 6.07) is 152. The summed E-state index contributed by atoms with van der Waals surface area (Å²) in [6.07, 6.45) is 22.9. The van der Waals surface area contributed by atoms with E-state index in [-0.39, 0.29) is 0 Å². The zero-order valence-electron chi connectivity index (χ0n) is 77.6. The van der Waals surface area contributed by atoms with Crippen LogP contribution in [0.25, 0.3) is 255 Å². The zero-order valence-corrected chi connectivity index (χ0v) is 77.6. The smallest absolute Gasteiger partial charge is 0.0716 e. The number of hydrogen-bond acceptors (Lipinski definition) is 9. The second-order valence-electron chi connectivity index (χ2n) is 36.2. The molecule has 0 saturated carbocycles. The molecule has 0 aliphatic rings. The number of rotatable bonds is 14. The number of aromatic nitrogens is 15. The first-order valence-electron chi connectivity index (χ1n) is 48.2. The van der Waals surface area contributed by atoms with Gasteiger partial charge in [-0.1, -0.05) is 249 Å². The molecule has 0 aliphatic heterocycles. The summed E-state index contributed by atoms with van der Waals surface area (Å²) in [5.74, 6) is 0. The molecule has 0 fully saturated rings. The fourth-order valence-corrected chi connectivity index (χ4v) is 21.3. The van der Waals surface area contributed by atoms with E-state index in [9.17, 15) is 0 Å². The minimum Gasteiger partial charge on any atom is -0.309 e. The molecule has 0 spiro atoms. The van der Waals surface area contributed by atoms with Crippen molar-refractivity contribution in [1.29, 1.82) is 0 Å². The molecule has 15 heterocycles. The lowest BCUT2D eigenvalue weighted by Gasteiger charge is -2.14. The Morgan fingerprint density at radius 2 is 0.319 bits per heavy atom. The van der Waals surface area contributed by atoms with Gasteiger partial charge in [0.05, 0.1) is 100 Å². The lowest BCUT2D eigenvalue weighted by atomic mass is 9.99. The summed E-state index contributed by atoms with van der Waals surface area (Å²) in [5.41, 5.74) is 36.9. The van der Waals surface area contributed by atoms with Crippen molar-refractivity contribution in [2.75, 3.05) is 0 Å². The van der Waals surface area contributed by atoms with E-state index >= 15 is 0 Å². The summed E-state index contributed by atoms with van der Waals surface area (Å²) >= 11 is 0. The van der Waals surface area contributed by atoms with E-state index in [1.165, 1.54) is 43.4 Å². The lowest BCUT2D eigenvalue weighted by molar-refractivity contribution is 1.17. The largest absolute Gasteiger partial charge is 0.309 e. The summed E-state index contributed by atoms with van der Waals surface area (Å²) in [6.45, 7) is 0. The van der Waals surface area contributed by atoms with Gasteiger partial charge in [-0.2, -0.15) is 0 Å². The van der Waals surface area contributed by atoms with E-state index in [0.29, 0.717) is 0 Å². The Morgan fingerprint density at radius 3 is 0.583 bits per heavy atom. The van der Waals surface area contributed by atoms with Crippen LogP contribution in [-0.4, -0.2) is 72.3 Å². The SMILES string of the molecule is c1cc(-c2ccc(-n3c4ccccc4c4cnccc43)cc2)nc(-c2ccc(-n3c4ccccc4c4cnccc43)cc2)c1.c1ccc(-c2cc(-c3ccc(-n4c5ccccc5c5cnccc54)cc3)nc(-c3ccc(-n4c5ccccc5c5cnccc54)cc3)c2)cc1.c1ccc(-c2cc(-c3cccc(-n4c5ccccc5c5cnccc54)c3)nc(-c3cccc(-n4c5ccccc5c5cnccc54)c3)c2)cc1. The molecule has 0 radical (unpaired) electrons. The topological polar surface area (TPSA) is 146 Å². The summed E-state index contributed by atoms with van der Waals surface area (Å²) < 4.78 is 13.9. The Hall–Kier alpha value is -19.8. The van der Waals surface area contributed by atoms with Gasteiger partial charge in [0.15, 0.2) is 0 Å². The Labute approximate surface area is 826 Å². The third-order valence-electron chi connectivity index (χ3n) is 27.9. The first-order chi connectivity index (χ1) is 71.4. The normalized spacial score (nSPS) is 11.6. The molecule has 0 amide bonds. The highest BCUT2D eigenvalue weighted by atomic mass is 15.0. The van der Waals surface area contributed by atoms with Crippen LogP contribution in [0.1, 0.15) is 0 Å². The van der Waals surface area contributed by atoms with E-state index in [4.69, 9.17) is 15.0 Å². The van der Waals surface area contributed by atoms with Crippen LogP contribution in [0.15, 0.2) is 505 Å². The maximum atomic E-state index is 5.36. The Kier molecular flexibility index (Phi) is 20.5. The van der Waals surface area contributed by atoms with Gasteiger partial charge >= 0.3 is 0 Å². The molecule has 14 aromatic carbocycles. The number of hydrogen-bond donors (Lipinski definition) is 0. The van der Waals surface area contributed by atoms with E-state index in [1.807, 2.05) is 74.4 Å². The molecule has 0 atom stereocenters. The highest BCUT2D eigenvalue weighted by Gasteiger charge is 2.23. The molecule has 144 heavy (non-hydrogen) atoms. The van der Waals surface area contributed by atoms with Crippen LogP contribution >= 0.6 is 0 Å². The van der Waals surface area contributed by atoms with E-state index < -0.39 is 0 Å². The number of pyridine rings is 9. The van der Waals surface area contributed by atoms with Crippen LogP contribution in [0, 0.1) is 0 Å². The van der Waals surface area contributed by atoms with Crippen molar-refractivity contribution in [3.63, 3.8) is 0 Å². The van der Waals surface area contributed by atoms with Gasteiger partial charge < -0.3 is 27.4 Å². The maximum absolute atomic E-state index is 5.36. The van der Waals surface area contributed by atoms with Crippen LogP contribution in [0.4, 0.5) is 0 Å². The summed E-state index contributed by atoms with van der Waals surface area (Å²) in [7, 11) is 0. The van der Waals surface area contributed by atoms with Crippen molar-refractivity contribution in [3.8, 4) is 124 Å². The highest BCUT2D eigenvalue weighted by molar-refractivity contribution is 6.14. The van der Waals surface area contributed by atoms with Crippen LogP contribution in [0.5, 0.6) is 0 Å². The Bertz CT molecular complexity index is 9190. The van der Waals surface area contributed by atoms with Crippen molar-refractivity contribution in [1.82, 2.24) is 72.3 Å². The zero-order chi connectivity index (χ0) is 95.1. The standard InChI is InChI=1S/2C45H29N5.C39H25N5/c1-2-10-30(11-3-1)33-26-40(31-12-8-14-34(24-31)49-42-18-6-4-16-36(42)38-28-46-22-20-44(38)49)48-41(27-33)32-13-9-15-35(25-32)50-43-19-7-5-17-37(43)39-29-47-23-21-45(39)50;1-2-8-30(9-3-1)33-26-40(31-14-18-34(19-15-31)49-42-12-6-4-10-36(42)38-28-46-24-22-44(38)49)48-41(27-33)32-16-20-35(21-17-32)50-43-13-7-5-11-37(43)39-29-47-25-23-45(39)50;1-3-10-36-30(6-1)32-24-40-22-20-38(32)43(36)28-16-12-26(13-17-28)34-8-5-9-35(42-34)27-14-18-29(19-15-27)44-37-11-4-2-7-31(37)33-25-41-23-21-39(33)44/h2*1-29H;1-25H. The number of fused-ring (bicyclic) bond motifs is 18. The van der Waals surface area contributed by atoms with Crippen molar-refractivity contribution >= 4 is 131 Å². The third-order valence-corrected chi connectivity index (χ3v) is 27.9. The van der Waals surface area contributed by atoms with Gasteiger partial charge in [0, 0.05) is 207 Å². The van der Waals surface area contributed by atoms with Crippen LogP contribution < -0.4 is 0 Å². The van der Waals surface area contributed by atoms with Gasteiger partial charge in [-0.15, -0.1) is 0 Å². The second kappa shape index (κ2) is 35.3. The van der Waals surface area contributed by atoms with Gasteiger partial charge in [-0.25, -0.2) is 15.0 Å². The monoisotopic (exact) mass is 1840 g/mol. The Morgan fingerprint density at radius 1 is 0.118 bits per heavy atom. The number of para-hydroxylation sites is 6. The van der Waals surface area contributed by atoms with Gasteiger partial charge in [0.1, 0.15) is 0 Å². The third kappa shape index (κ3) is 14.6. The van der Waals surface area contributed by atoms with Gasteiger partial charge in [-0.05, 0) is 204 Å². The molecule has 0 bridgehead atoms. The molecule has 0 saturated heterocycles. The van der Waals surface area contributed by atoms with Crippen molar-refractivity contribution in [2.45, 2.75) is 0 Å². The molecule has 15 nitrogen and oxygen atoms in total. The van der Waals surface area contributed by atoms with Crippen LogP contribution in [0.2, 0.25) is 0 Å². The van der Waals surface area contributed by atoms with Gasteiger partial charge in [0.2, 0.25) is 0 Å². The molecule has 15 aromatic heterocycles. The quantitative estimate of drug-likeness (QED) is 0.104. The first-order valence-corrected chi connectivity index (χ1v) is 48.2. The number of nitrogens with zero attached hydrogens (tertiary/aromatic N) is 15. The average molecular weight is 1840 g/mol. The molecule has 15 heteroatoms. The molecule has 0 unspecified atom stereocenters. The molecule has 674 valence electrons. The maximum Gasteiger partial charge on any atom is 0.0716 e. The molecule has 29 rings (SSSR count). The molecule has 29 aromatic rings. The fraction of sp³-hybridized carbons (Fsp3) is 0. The highest BCUT2D eigenvalue weighted by Crippen LogP contribution is 2.43. The van der Waals surface area contributed by atoms with E-state index in [0.717, 1.165) is 211 Å². The summed E-state index contributed by atoms with van der Waals surface area (Å²) in [5, 5.41) is 14.1. The number of benzene rings is 14. The summed E-state index contributed by atoms with van der Waals surface area (Å²) in [4.78, 5) is 42.1. The Balaban J connectivity index is 0.000000108. The van der Waals surface area contributed by atoms with Crippen molar-refractivity contribution in [2.24, 2.45) is 0 Å². The van der Waals surface area contributed by atoms with Gasteiger partial charge in [-0.3, -0.25) is 29.9 Å². The average Bonchev–Trinajstić information content (AvgIpc) is 1.65.